The second-order valence-corrected chi connectivity index (χ2v) is 14.5. The summed E-state index contributed by atoms with van der Waals surface area (Å²) in [6.07, 6.45) is 4.72. The molecule has 1 saturated carbocycles. The van der Waals surface area contributed by atoms with Gasteiger partial charge in [-0.05, 0) is 63.5 Å². The summed E-state index contributed by atoms with van der Waals surface area (Å²) in [6.45, 7) is 12.5. The molecule has 44 heavy (non-hydrogen) atoms. The zero-order chi connectivity index (χ0) is 31.0. The first kappa shape index (κ1) is 32.4. The predicted octanol–water partition coefficient (Wildman–Crippen LogP) is 2.67. The Labute approximate surface area is 266 Å². The maximum atomic E-state index is 15.9. The fourth-order valence-corrected chi connectivity index (χ4v) is 9.35. The molecule has 3 N–H and O–H groups in total. The molecular formula is C32H52ClFN6O4. The fraction of sp³-hybridized carbons (Fsp3) is 0.875. The Kier molecular flexibility index (Phi) is 10.4. The minimum absolute atomic E-state index is 0.0441. The van der Waals surface area contributed by atoms with E-state index in [-0.39, 0.29) is 77.7 Å². The zero-order valence-corrected chi connectivity index (χ0v) is 27.1. The van der Waals surface area contributed by atoms with Crippen LogP contribution < -0.4 is 16.0 Å². The molecule has 0 aromatic carbocycles. The maximum absolute atomic E-state index is 15.9. The van der Waals surface area contributed by atoms with Gasteiger partial charge in [-0.2, -0.15) is 0 Å². The van der Waals surface area contributed by atoms with E-state index in [1.807, 2.05) is 4.90 Å². The number of alkyl halides is 2. The van der Waals surface area contributed by atoms with Crippen molar-refractivity contribution in [3.8, 4) is 0 Å². The number of halogens is 2. The maximum Gasteiger partial charge on any atom is 0.320 e. The van der Waals surface area contributed by atoms with Gasteiger partial charge in [0, 0.05) is 68.7 Å². The molecule has 6 aliphatic rings. The molecule has 0 aromatic heterocycles. The van der Waals surface area contributed by atoms with Crippen LogP contribution in [0, 0.1) is 17.8 Å². The lowest BCUT2D eigenvalue weighted by atomic mass is 9.73. The molecule has 1 aliphatic carbocycles. The minimum Gasteiger partial charge on any atom is -0.378 e. The number of piperazine rings is 1. The predicted molar refractivity (Wildman–Crippen MR) is 167 cm³/mol. The number of hydrogen-bond acceptors (Lipinski definition) is 7. The first-order chi connectivity index (χ1) is 21.3. The van der Waals surface area contributed by atoms with Crippen molar-refractivity contribution in [2.75, 3.05) is 45.9 Å². The standard InChI is InChI=1S/C32H52ClFN6O4/c1-4-25(41)38-12-14-39(15-13-38)30-20-18-21(33)28-26-22(34)8-7-9-23(26)43-16-5-6-17-44-24-10-11-35-27(19(2)3)29(24)40(31(20)36-28)32(42)37-30/h4,19-24,26-31,35-36H,1,5-18H2,2-3H3,(H,37,42). The Bertz CT molecular complexity index is 1030. The van der Waals surface area contributed by atoms with Crippen molar-refractivity contribution in [3.63, 3.8) is 0 Å². The van der Waals surface area contributed by atoms with E-state index in [0.717, 1.165) is 38.6 Å². The first-order valence-electron chi connectivity index (χ1n) is 17.0. The molecule has 5 heterocycles. The summed E-state index contributed by atoms with van der Waals surface area (Å²) in [5.74, 6) is -0.210. The molecule has 2 bridgehead atoms. The lowest BCUT2D eigenvalue weighted by Crippen LogP contribution is -2.80. The normalized spacial score (nSPS) is 42.5. The Morgan fingerprint density at radius 3 is 2.48 bits per heavy atom. The van der Waals surface area contributed by atoms with Crippen molar-refractivity contribution >= 4 is 23.5 Å². The molecule has 12 heteroatoms. The largest absolute Gasteiger partial charge is 0.378 e. The van der Waals surface area contributed by atoms with Gasteiger partial charge in [-0.15, -0.1) is 11.6 Å². The average Bonchev–Trinajstić information content (AvgIpc) is 3.02. The van der Waals surface area contributed by atoms with Gasteiger partial charge in [-0.3, -0.25) is 15.0 Å². The van der Waals surface area contributed by atoms with Crippen LogP contribution >= 0.6 is 11.6 Å². The van der Waals surface area contributed by atoms with E-state index in [0.29, 0.717) is 52.2 Å². The van der Waals surface area contributed by atoms with Crippen molar-refractivity contribution < 1.29 is 23.5 Å². The average molecular weight is 639 g/mol. The van der Waals surface area contributed by atoms with Crippen LogP contribution in [0.4, 0.5) is 9.18 Å². The second-order valence-electron chi connectivity index (χ2n) is 14.0. The molecule has 11 atom stereocenters. The van der Waals surface area contributed by atoms with Crippen molar-refractivity contribution in [1.82, 2.24) is 30.7 Å². The summed E-state index contributed by atoms with van der Waals surface area (Å²) < 4.78 is 28.9. The van der Waals surface area contributed by atoms with Gasteiger partial charge in [-0.25, -0.2) is 9.18 Å². The highest BCUT2D eigenvalue weighted by atomic mass is 35.5. The third-order valence-electron chi connectivity index (χ3n) is 11.1. The number of nitrogens with one attached hydrogen (secondary N) is 3. The second kappa shape index (κ2) is 14.1. The molecule has 0 spiro atoms. The number of carbonyl (C=O) groups excluding carboxylic acids is 2. The summed E-state index contributed by atoms with van der Waals surface area (Å²) in [7, 11) is 0. The van der Waals surface area contributed by atoms with E-state index in [4.69, 9.17) is 21.1 Å². The van der Waals surface area contributed by atoms with E-state index in [1.165, 1.54) is 6.08 Å². The van der Waals surface area contributed by atoms with Crippen molar-refractivity contribution in [1.29, 1.82) is 0 Å². The van der Waals surface area contributed by atoms with Gasteiger partial charge >= 0.3 is 6.03 Å². The SMILES string of the molecule is C=CC(=O)N1CCN(C2NC(=O)N3C4NC(C(Cl)CC24)C2C(F)CCCC2OCCCCOC2CCNC(C(C)C)C23)CC1. The number of nitrogens with zero attached hydrogens (tertiary/aromatic N) is 3. The van der Waals surface area contributed by atoms with Crippen LogP contribution in [-0.4, -0.2) is 127 Å². The van der Waals surface area contributed by atoms with Crippen molar-refractivity contribution in [2.45, 2.75) is 113 Å². The number of ether oxygens (including phenoxy) is 2. The van der Waals surface area contributed by atoms with Gasteiger partial charge in [0.2, 0.25) is 5.91 Å². The molecule has 248 valence electrons. The Morgan fingerprint density at radius 1 is 1.05 bits per heavy atom. The number of carbonyl (C=O) groups is 2. The van der Waals surface area contributed by atoms with E-state index in [2.05, 4.69) is 41.3 Å². The number of rotatable bonds is 3. The van der Waals surface area contributed by atoms with E-state index in [1.54, 1.807) is 4.90 Å². The lowest BCUT2D eigenvalue weighted by Gasteiger charge is -2.59. The number of amides is 3. The summed E-state index contributed by atoms with van der Waals surface area (Å²) in [4.78, 5) is 32.8. The smallest absolute Gasteiger partial charge is 0.320 e. The molecule has 0 aromatic rings. The van der Waals surface area contributed by atoms with Crippen LogP contribution in [0.1, 0.15) is 58.8 Å². The van der Waals surface area contributed by atoms with Gasteiger partial charge in [0.1, 0.15) is 6.17 Å². The van der Waals surface area contributed by atoms with Crippen molar-refractivity contribution in [2.24, 2.45) is 17.8 Å². The zero-order valence-electron chi connectivity index (χ0n) is 26.3. The quantitative estimate of drug-likeness (QED) is 0.323. The Hall–Kier alpha value is -1.50. The highest BCUT2D eigenvalue weighted by molar-refractivity contribution is 6.21. The van der Waals surface area contributed by atoms with Crippen LogP contribution in [0.5, 0.6) is 0 Å². The first-order valence-corrected chi connectivity index (χ1v) is 17.5. The molecule has 6 rings (SSSR count). The summed E-state index contributed by atoms with van der Waals surface area (Å²) in [5, 5.41) is 10.6. The van der Waals surface area contributed by atoms with Crippen LogP contribution in [0.2, 0.25) is 0 Å². The van der Waals surface area contributed by atoms with Crippen molar-refractivity contribution in [3.05, 3.63) is 12.7 Å². The summed E-state index contributed by atoms with van der Waals surface area (Å²) in [6, 6.07) is -0.604. The topological polar surface area (TPSA) is 98.4 Å². The minimum atomic E-state index is -1.01. The van der Waals surface area contributed by atoms with Gasteiger partial charge < -0.3 is 29.9 Å². The summed E-state index contributed by atoms with van der Waals surface area (Å²) in [5.41, 5.74) is 0. The van der Waals surface area contributed by atoms with E-state index in [9.17, 15) is 9.59 Å². The highest BCUT2D eigenvalue weighted by Gasteiger charge is 2.57. The summed E-state index contributed by atoms with van der Waals surface area (Å²) >= 11 is 7.27. The molecule has 10 nitrogen and oxygen atoms in total. The molecule has 5 saturated heterocycles. The number of piperidine rings is 2. The van der Waals surface area contributed by atoms with Crippen LogP contribution in [0.15, 0.2) is 12.7 Å². The monoisotopic (exact) mass is 638 g/mol. The van der Waals surface area contributed by atoms with Gasteiger partial charge in [0.05, 0.1) is 30.6 Å². The number of urea groups is 1. The van der Waals surface area contributed by atoms with Gasteiger partial charge in [0.15, 0.2) is 0 Å². The molecular weight excluding hydrogens is 587 g/mol. The van der Waals surface area contributed by atoms with Crippen LogP contribution in [0.25, 0.3) is 0 Å². The molecule has 3 amide bonds. The molecule has 5 aliphatic heterocycles. The molecule has 6 fully saturated rings. The van der Waals surface area contributed by atoms with Crippen LogP contribution in [0.3, 0.4) is 0 Å². The third kappa shape index (κ3) is 6.38. The van der Waals surface area contributed by atoms with Gasteiger partial charge in [-0.1, -0.05) is 20.4 Å². The van der Waals surface area contributed by atoms with Gasteiger partial charge in [0.25, 0.3) is 0 Å². The Morgan fingerprint density at radius 2 is 1.77 bits per heavy atom. The van der Waals surface area contributed by atoms with E-state index < -0.39 is 6.17 Å². The number of fused-ring (bicyclic) bond motifs is 5. The fourth-order valence-electron chi connectivity index (χ4n) is 8.90. The third-order valence-corrected chi connectivity index (χ3v) is 11.5. The lowest BCUT2D eigenvalue weighted by molar-refractivity contribution is -0.130. The molecule has 0 radical (unpaired) electrons. The molecule has 11 unspecified atom stereocenters. The highest BCUT2D eigenvalue weighted by Crippen LogP contribution is 2.42. The Balaban J connectivity index is 1.36. The van der Waals surface area contributed by atoms with Crippen LogP contribution in [-0.2, 0) is 14.3 Å². The van der Waals surface area contributed by atoms with E-state index >= 15 is 4.39 Å². The number of hydrogen-bond donors (Lipinski definition) is 3.